The molecule has 0 saturated carbocycles. The second-order valence-corrected chi connectivity index (χ2v) is 2.50. The lowest BCUT2D eigenvalue weighted by Gasteiger charge is -2.06. The number of rotatable bonds is 2. The lowest BCUT2D eigenvalue weighted by Crippen LogP contribution is -2.18. The van der Waals surface area contributed by atoms with Crippen LogP contribution in [0.25, 0.3) is 0 Å². The number of hydrogen-bond donors (Lipinski definition) is 1. The third-order valence-electron chi connectivity index (χ3n) is 1.60. The van der Waals surface area contributed by atoms with Crippen LogP contribution in [0.1, 0.15) is 18.5 Å². The quantitative estimate of drug-likeness (QED) is 0.688. The van der Waals surface area contributed by atoms with Gasteiger partial charge in [0.2, 0.25) is 0 Å². The molecule has 0 aliphatic carbocycles. The van der Waals surface area contributed by atoms with E-state index in [1.54, 1.807) is 0 Å². The van der Waals surface area contributed by atoms with Gasteiger partial charge in [0.1, 0.15) is 0 Å². The molecule has 0 spiro atoms. The highest BCUT2D eigenvalue weighted by molar-refractivity contribution is 5.82. The average Bonchev–Trinajstić information content (AvgIpc) is 2.05. The molecule has 0 heterocycles. The van der Waals surface area contributed by atoms with Crippen molar-refractivity contribution in [3.05, 3.63) is 35.9 Å². The second kappa shape index (κ2) is 3.30. The van der Waals surface area contributed by atoms with Crippen LogP contribution in [0.3, 0.4) is 0 Å². The van der Waals surface area contributed by atoms with Crippen molar-refractivity contribution in [2.45, 2.75) is 13.0 Å². The van der Waals surface area contributed by atoms with Gasteiger partial charge in [-0.2, -0.15) is 0 Å². The van der Waals surface area contributed by atoms with Gasteiger partial charge in [-0.1, -0.05) is 30.3 Å². The van der Waals surface area contributed by atoms with Crippen LogP contribution in [0.2, 0.25) is 0 Å². The van der Waals surface area contributed by atoms with E-state index in [0.29, 0.717) is 0 Å². The molecule has 0 bridgehead atoms. The fourth-order valence-electron chi connectivity index (χ4n) is 0.895. The average molecular weight is 149 g/mol. The number of nitrogens with two attached hydrogens (primary N) is 1. The Hall–Kier alpha value is -1.15. The fraction of sp³-hybridized carbons (Fsp3) is 0.222. The summed E-state index contributed by atoms with van der Waals surface area (Å²) >= 11 is 0. The molecule has 1 rings (SSSR count). The predicted octanol–water partition coefficient (Wildman–Crippen LogP) is 1.28. The highest BCUT2D eigenvalue weighted by atomic mass is 16.1. The first-order chi connectivity index (χ1) is 5.22. The lowest BCUT2D eigenvalue weighted by molar-refractivity contribution is -0.118. The SMILES string of the molecule is CC(=O)[C@H](N)c1ccccc1. The summed E-state index contributed by atoms with van der Waals surface area (Å²) < 4.78 is 0. The molecule has 1 atom stereocenters. The third kappa shape index (κ3) is 1.88. The number of benzene rings is 1. The van der Waals surface area contributed by atoms with Crippen LogP contribution in [-0.2, 0) is 4.79 Å². The number of Topliss-reactive ketones (excluding diaryl/α,β-unsaturated/α-hetero) is 1. The Labute approximate surface area is 66.0 Å². The largest absolute Gasteiger partial charge is 0.318 e. The highest BCUT2D eigenvalue weighted by Crippen LogP contribution is 2.09. The molecular weight excluding hydrogens is 138 g/mol. The van der Waals surface area contributed by atoms with E-state index < -0.39 is 6.04 Å². The Morgan fingerprint density at radius 3 is 2.36 bits per heavy atom. The Kier molecular flexibility index (Phi) is 2.39. The van der Waals surface area contributed by atoms with Gasteiger partial charge in [0.25, 0.3) is 0 Å². The van der Waals surface area contributed by atoms with Crippen LogP contribution in [0, 0.1) is 0 Å². The molecular formula is C9H11NO. The standard InChI is InChI=1S/C9H11NO/c1-7(11)9(10)8-5-3-2-4-6-8/h2-6,9H,10H2,1H3/t9-/m0/s1. The van der Waals surface area contributed by atoms with Gasteiger partial charge in [-0.15, -0.1) is 0 Å². The Bertz CT molecular complexity index is 243. The minimum absolute atomic E-state index is 0.00352. The Morgan fingerprint density at radius 2 is 1.91 bits per heavy atom. The first kappa shape index (κ1) is 7.95. The van der Waals surface area contributed by atoms with Gasteiger partial charge in [-0.3, -0.25) is 4.79 Å². The molecule has 0 saturated heterocycles. The molecule has 0 aliphatic heterocycles. The molecule has 2 nitrogen and oxygen atoms in total. The monoisotopic (exact) mass is 149 g/mol. The Morgan fingerprint density at radius 1 is 1.36 bits per heavy atom. The zero-order valence-corrected chi connectivity index (χ0v) is 6.45. The van der Waals surface area contributed by atoms with Crippen LogP contribution < -0.4 is 5.73 Å². The molecule has 0 aromatic heterocycles. The summed E-state index contributed by atoms with van der Waals surface area (Å²) in [5.41, 5.74) is 6.46. The van der Waals surface area contributed by atoms with E-state index in [4.69, 9.17) is 5.73 Å². The van der Waals surface area contributed by atoms with E-state index in [0.717, 1.165) is 5.56 Å². The van der Waals surface area contributed by atoms with Crippen LogP contribution in [0.4, 0.5) is 0 Å². The zero-order chi connectivity index (χ0) is 8.27. The van der Waals surface area contributed by atoms with E-state index in [1.807, 2.05) is 30.3 Å². The minimum Gasteiger partial charge on any atom is -0.318 e. The molecule has 0 unspecified atom stereocenters. The zero-order valence-electron chi connectivity index (χ0n) is 6.45. The number of ketones is 1. The lowest BCUT2D eigenvalue weighted by atomic mass is 10.1. The summed E-state index contributed by atoms with van der Waals surface area (Å²) in [4.78, 5) is 10.8. The first-order valence-corrected chi connectivity index (χ1v) is 3.53. The summed E-state index contributed by atoms with van der Waals surface area (Å²) in [5.74, 6) is -0.00352. The molecule has 2 N–H and O–H groups in total. The molecule has 1 aromatic carbocycles. The third-order valence-corrected chi connectivity index (χ3v) is 1.60. The summed E-state index contributed by atoms with van der Waals surface area (Å²) in [5, 5.41) is 0. The first-order valence-electron chi connectivity index (χ1n) is 3.53. The summed E-state index contributed by atoms with van der Waals surface area (Å²) in [6, 6.07) is 8.89. The number of carbonyl (C=O) groups excluding carboxylic acids is 1. The van der Waals surface area contributed by atoms with Crippen molar-refractivity contribution in [2.24, 2.45) is 5.73 Å². The van der Waals surface area contributed by atoms with Crippen molar-refractivity contribution in [1.82, 2.24) is 0 Å². The van der Waals surface area contributed by atoms with E-state index in [1.165, 1.54) is 6.92 Å². The molecule has 58 valence electrons. The molecule has 11 heavy (non-hydrogen) atoms. The molecule has 2 heteroatoms. The van der Waals surface area contributed by atoms with Crippen molar-refractivity contribution in [1.29, 1.82) is 0 Å². The summed E-state index contributed by atoms with van der Waals surface area (Å²) in [6.45, 7) is 1.50. The van der Waals surface area contributed by atoms with E-state index in [2.05, 4.69) is 0 Å². The van der Waals surface area contributed by atoms with Gasteiger partial charge in [0, 0.05) is 0 Å². The number of hydrogen-bond acceptors (Lipinski definition) is 2. The van der Waals surface area contributed by atoms with Crippen LogP contribution in [0.5, 0.6) is 0 Å². The van der Waals surface area contributed by atoms with Gasteiger partial charge < -0.3 is 5.73 Å². The molecule has 1 aromatic rings. The van der Waals surface area contributed by atoms with E-state index >= 15 is 0 Å². The van der Waals surface area contributed by atoms with Crippen molar-refractivity contribution < 1.29 is 4.79 Å². The van der Waals surface area contributed by atoms with Gasteiger partial charge in [-0.25, -0.2) is 0 Å². The number of carbonyl (C=O) groups is 1. The van der Waals surface area contributed by atoms with Gasteiger partial charge in [-0.05, 0) is 12.5 Å². The van der Waals surface area contributed by atoms with Crippen molar-refractivity contribution in [2.75, 3.05) is 0 Å². The van der Waals surface area contributed by atoms with Crippen LogP contribution in [-0.4, -0.2) is 5.78 Å². The molecule has 0 fully saturated rings. The summed E-state index contributed by atoms with van der Waals surface area (Å²) in [7, 11) is 0. The second-order valence-electron chi connectivity index (χ2n) is 2.50. The van der Waals surface area contributed by atoms with Gasteiger partial charge >= 0.3 is 0 Å². The maximum Gasteiger partial charge on any atom is 0.150 e. The fourth-order valence-corrected chi connectivity index (χ4v) is 0.895. The predicted molar refractivity (Wildman–Crippen MR) is 44.1 cm³/mol. The van der Waals surface area contributed by atoms with Gasteiger partial charge in [0.15, 0.2) is 5.78 Å². The topological polar surface area (TPSA) is 43.1 Å². The highest BCUT2D eigenvalue weighted by Gasteiger charge is 2.08. The van der Waals surface area contributed by atoms with Crippen molar-refractivity contribution in [3.8, 4) is 0 Å². The van der Waals surface area contributed by atoms with Gasteiger partial charge in [0.05, 0.1) is 6.04 Å². The van der Waals surface area contributed by atoms with E-state index in [9.17, 15) is 4.79 Å². The van der Waals surface area contributed by atoms with Crippen LogP contribution >= 0.6 is 0 Å². The van der Waals surface area contributed by atoms with Crippen molar-refractivity contribution in [3.63, 3.8) is 0 Å². The molecule has 0 radical (unpaired) electrons. The smallest absolute Gasteiger partial charge is 0.150 e. The maximum absolute atomic E-state index is 10.8. The normalized spacial score (nSPS) is 12.5. The molecule has 0 amide bonds. The Balaban J connectivity index is 2.85. The van der Waals surface area contributed by atoms with Crippen LogP contribution in [0.15, 0.2) is 30.3 Å². The molecule has 0 aliphatic rings. The maximum atomic E-state index is 10.8. The van der Waals surface area contributed by atoms with E-state index in [-0.39, 0.29) is 5.78 Å². The van der Waals surface area contributed by atoms with Crippen molar-refractivity contribution >= 4 is 5.78 Å². The summed E-state index contributed by atoms with van der Waals surface area (Å²) in [6.07, 6.45) is 0. The minimum atomic E-state index is -0.462.